The summed E-state index contributed by atoms with van der Waals surface area (Å²) in [6.45, 7) is 1.93. The number of rotatable bonds is 8. The van der Waals surface area contributed by atoms with Gasteiger partial charge in [-0.05, 0) is 51.5 Å². The van der Waals surface area contributed by atoms with Crippen LogP contribution in [0.5, 0.6) is 5.75 Å². The van der Waals surface area contributed by atoms with Gasteiger partial charge in [0.05, 0.1) is 36.1 Å². The Kier molecular flexibility index (Phi) is 5.72. The fraction of sp³-hybridized carbons (Fsp3) is 0.520. The average molecular weight is 523 g/mol. The van der Waals surface area contributed by atoms with Crippen molar-refractivity contribution in [2.45, 2.75) is 63.6 Å². The molecule has 12 heteroatoms. The molecule has 3 aromatic rings. The lowest BCUT2D eigenvalue weighted by Crippen LogP contribution is -2.51. The van der Waals surface area contributed by atoms with Crippen molar-refractivity contribution < 1.29 is 13.2 Å². The van der Waals surface area contributed by atoms with Gasteiger partial charge in [-0.15, -0.1) is 0 Å². The Labute approximate surface area is 215 Å². The van der Waals surface area contributed by atoms with Crippen molar-refractivity contribution in [2.24, 2.45) is 5.41 Å². The maximum absolute atomic E-state index is 13.3. The predicted octanol–water partition coefficient (Wildman–Crippen LogP) is 3.45. The minimum Gasteiger partial charge on any atom is -0.495 e. The Morgan fingerprint density at radius 3 is 2.59 bits per heavy atom. The van der Waals surface area contributed by atoms with Gasteiger partial charge < -0.3 is 15.4 Å². The summed E-state index contributed by atoms with van der Waals surface area (Å²) in [7, 11) is -1.88. The molecule has 2 bridgehead atoms. The number of nitrogens with zero attached hydrogens (tertiary/aromatic N) is 5. The van der Waals surface area contributed by atoms with Crippen molar-refractivity contribution in [1.29, 1.82) is 5.26 Å². The highest BCUT2D eigenvalue weighted by Gasteiger charge is 2.53. The van der Waals surface area contributed by atoms with E-state index >= 15 is 0 Å². The molecule has 0 amide bonds. The second-order valence-electron chi connectivity index (χ2n) is 10.5. The Hall–Kier alpha value is -3.43. The number of aromatic amines is 1. The first-order valence-electron chi connectivity index (χ1n) is 12.6. The van der Waals surface area contributed by atoms with Gasteiger partial charge in [0.1, 0.15) is 17.4 Å². The van der Waals surface area contributed by atoms with Gasteiger partial charge in [-0.2, -0.15) is 14.7 Å². The lowest BCUT2D eigenvalue weighted by Gasteiger charge is -2.38. The van der Waals surface area contributed by atoms with Crippen molar-refractivity contribution in [2.75, 3.05) is 23.5 Å². The summed E-state index contributed by atoms with van der Waals surface area (Å²) in [5, 5.41) is 24.3. The summed E-state index contributed by atoms with van der Waals surface area (Å²) >= 11 is 0. The lowest BCUT2D eigenvalue weighted by atomic mass is 9.99. The summed E-state index contributed by atoms with van der Waals surface area (Å²) in [4.78, 5) is 9.40. The van der Waals surface area contributed by atoms with Gasteiger partial charge in [0, 0.05) is 41.3 Å². The fourth-order valence-electron chi connectivity index (χ4n) is 5.76. The highest BCUT2D eigenvalue weighted by molar-refractivity contribution is 7.89. The number of nitrogens with one attached hydrogen (secondary N) is 3. The van der Waals surface area contributed by atoms with Crippen molar-refractivity contribution >= 4 is 38.4 Å². The molecule has 6 rings (SSSR count). The van der Waals surface area contributed by atoms with E-state index in [4.69, 9.17) is 9.72 Å². The first-order chi connectivity index (χ1) is 17.8. The fourth-order valence-corrected chi connectivity index (χ4v) is 8.26. The van der Waals surface area contributed by atoms with Crippen molar-refractivity contribution in [3.63, 3.8) is 0 Å². The molecule has 3 aliphatic rings. The van der Waals surface area contributed by atoms with Crippen molar-refractivity contribution in [3.8, 4) is 11.8 Å². The molecule has 1 unspecified atom stereocenters. The van der Waals surface area contributed by atoms with Crippen LogP contribution in [0.3, 0.4) is 0 Å². The van der Waals surface area contributed by atoms with E-state index < -0.39 is 15.4 Å². The zero-order valence-corrected chi connectivity index (χ0v) is 21.7. The second kappa shape index (κ2) is 8.85. The molecule has 1 saturated carbocycles. The topological polar surface area (TPSA) is 149 Å². The largest absolute Gasteiger partial charge is 0.495 e. The van der Waals surface area contributed by atoms with Crippen LogP contribution in [0.15, 0.2) is 24.4 Å². The van der Waals surface area contributed by atoms with E-state index in [9.17, 15) is 13.7 Å². The molecule has 3 atom stereocenters. The average Bonchev–Trinajstić information content (AvgIpc) is 3.41. The minimum atomic E-state index is -3.48. The van der Waals surface area contributed by atoms with E-state index in [-0.39, 0.29) is 23.9 Å². The van der Waals surface area contributed by atoms with E-state index in [0.29, 0.717) is 48.9 Å². The summed E-state index contributed by atoms with van der Waals surface area (Å²) in [6, 6.07) is 7.83. The van der Waals surface area contributed by atoms with Crippen LogP contribution in [0.4, 0.5) is 17.5 Å². The smallest absolute Gasteiger partial charge is 0.216 e. The van der Waals surface area contributed by atoms with Crippen LogP contribution >= 0.6 is 0 Å². The molecule has 11 nitrogen and oxygen atoms in total. The third-order valence-electron chi connectivity index (χ3n) is 7.73. The number of fused-ring (bicyclic) bond motifs is 3. The van der Waals surface area contributed by atoms with Crippen LogP contribution < -0.4 is 15.4 Å². The van der Waals surface area contributed by atoms with Gasteiger partial charge in [-0.25, -0.2) is 13.4 Å². The molecule has 3 aromatic heterocycles. The van der Waals surface area contributed by atoms with E-state index in [2.05, 4.69) is 31.9 Å². The van der Waals surface area contributed by atoms with Gasteiger partial charge in [-0.3, -0.25) is 10.1 Å². The maximum Gasteiger partial charge on any atom is 0.216 e. The number of sulfonamides is 1. The Morgan fingerprint density at radius 1 is 1.22 bits per heavy atom. The highest BCUT2D eigenvalue weighted by Crippen LogP contribution is 2.48. The third kappa shape index (κ3) is 4.57. The van der Waals surface area contributed by atoms with Gasteiger partial charge in [0.2, 0.25) is 10.0 Å². The number of anilines is 3. The summed E-state index contributed by atoms with van der Waals surface area (Å²) < 4.78 is 33.7. The molecular formula is C25H30N8O3S. The van der Waals surface area contributed by atoms with Gasteiger partial charge >= 0.3 is 0 Å². The molecule has 194 valence electrons. The second-order valence-corrected chi connectivity index (χ2v) is 12.4. The van der Waals surface area contributed by atoms with Crippen LogP contribution in [0, 0.1) is 23.7 Å². The van der Waals surface area contributed by atoms with E-state index in [1.807, 2.05) is 25.1 Å². The Bertz CT molecular complexity index is 1480. The quantitative estimate of drug-likeness (QED) is 0.404. The number of methoxy groups -OCH3 is 1. The highest BCUT2D eigenvalue weighted by atomic mass is 32.2. The Morgan fingerprint density at radius 2 is 1.97 bits per heavy atom. The number of hydrogen-bond acceptors (Lipinski definition) is 9. The molecule has 2 aliphatic heterocycles. The van der Waals surface area contributed by atoms with Crippen LogP contribution in [0.25, 0.3) is 10.9 Å². The van der Waals surface area contributed by atoms with Gasteiger partial charge in [-0.1, -0.05) is 0 Å². The van der Waals surface area contributed by atoms with Gasteiger partial charge in [0.25, 0.3) is 0 Å². The predicted molar refractivity (Wildman–Crippen MR) is 139 cm³/mol. The van der Waals surface area contributed by atoms with Crippen LogP contribution in [0.2, 0.25) is 0 Å². The first-order valence-corrected chi connectivity index (χ1v) is 14.2. The molecule has 5 heterocycles. The number of pyridine rings is 2. The van der Waals surface area contributed by atoms with E-state index in [1.165, 1.54) is 0 Å². The van der Waals surface area contributed by atoms with Crippen molar-refractivity contribution in [3.05, 3.63) is 30.1 Å². The molecule has 3 N–H and O–H groups in total. The molecule has 0 aromatic carbocycles. The molecule has 0 spiro atoms. The Balaban J connectivity index is 1.26. The number of nitriles is 1. The van der Waals surface area contributed by atoms with Crippen LogP contribution in [-0.4, -0.2) is 63.9 Å². The molecule has 37 heavy (non-hydrogen) atoms. The van der Waals surface area contributed by atoms with Crippen molar-refractivity contribution in [1.82, 2.24) is 24.5 Å². The van der Waals surface area contributed by atoms with E-state index in [0.717, 1.165) is 29.4 Å². The zero-order chi connectivity index (χ0) is 25.8. The van der Waals surface area contributed by atoms with E-state index in [1.54, 1.807) is 17.6 Å². The lowest BCUT2D eigenvalue weighted by molar-refractivity contribution is 0.234. The zero-order valence-electron chi connectivity index (χ0n) is 20.9. The number of ether oxygens (including phenoxy) is 1. The number of aryl methyl sites for hydroxylation is 1. The number of hydrogen-bond donors (Lipinski definition) is 3. The summed E-state index contributed by atoms with van der Waals surface area (Å²) in [5.41, 5.74) is 1.01. The maximum atomic E-state index is 13.3. The van der Waals surface area contributed by atoms with Gasteiger partial charge in [0.15, 0.2) is 5.82 Å². The molecule has 2 saturated heterocycles. The monoisotopic (exact) mass is 522 g/mol. The number of H-pyrrole nitrogens is 1. The summed E-state index contributed by atoms with van der Waals surface area (Å²) in [5.74, 6) is 2.51. The number of piperidine rings is 1. The molecule has 0 radical (unpaired) electrons. The molecule has 3 fully saturated rings. The van der Waals surface area contributed by atoms with Crippen LogP contribution in [0.1, 0.15) is 44.2 Å². The minimum absolute atomic E-state index is 0.0552. The molecule has 1 aliphatic carbocycles. The summed E-state index contributed by atoms with van der Waals surface area (Å²) in [6.07, 6.45) is 6.07. The first kappa shape index (κ1) is 23.9. The van der Waals surface area contributed by atoms with Crippen LogP contribution in [-0.2, 0) is 10.0 Å². The SMILES string of the molecule is COc1cnc2cc(Nc3cc(C)[nH]n3)nc(NC3C[C@H]4CC[C@@H](C3)N4S(=O)(=O)CC3(C#N)CC3)c2c1. The standard InChI is InChI=1S/C25H30N8O3S/c1-15-7-23(32-31-15)29-22-11-21-20(10-19(36-2)12-27-21)24(30-22)28-16-8-17-3-4-18(9-16)33(17)37(34,35)14-25(13-26)5-6-25/h7,10-12,16-18H,3-6,8-9,14H2,1-2H3,(H3,28,29,30,31,32)/t16?,17-,18+. The normalized spacial score (nSPS) is 24.5. The molecular weight excluding hydrogens is 492 g/mol. The number of aromatic nitrogens is 4. The third-order valence-corrected chi connectivity index (χ3v) is 9.89.